The van der Waals surface area contributed by atoms with E-state index in [1.807, 2.05) is 0 Å². The molecule has 11 nitrogen and oxygen atoms in total. The van der Waals surface area contributed by atoms with Crippen molar-refractivity contribution in [1.29, 1.82) is 0 Å². The molecular formula is C14H21N5O6. The Morgan fingerprint density at radius 2 is 2.20 bits per heavy atom. The second-order valence-corrected chi connectivity index (χ2v) is 5.72. The fourth-order valence-corrected chi connectivity index (χ4v) is 2.79. The summed E-state index contributed by atoms with van der Waals surface area (Å²) in [5.74, 6) is 0.0216. The standard InChI is InChI=1S/C14H21N5O6/c1-18-12(22)8-11(17-14(18)15)19(6-16-8)13-10(24-4-3-23-2)9(21)7(5-20)25-13/h6-7,9-10,13,20-21H,3-5H2,1-2H3,(H2,15,17)/t7-,9+,10?,13-/m1/s1. The zero-order valence-electron chi connectivity index (χ0n) is 13.9. The van der Waals surface area contributed by atoms with E-state index in [4.69, 9.17) is 19.9 Å². The number of methoxy groups -OCH3 is 1. The normalized spacial score (nSPS) is 26.6. The summed E-state index contributed by atoms with van der Waals surface area (Å²) < 4.78 is 19.0. The Kier molecular flexibility index (Phi) is 5.01. The maximum atomic E-state index is 12.2. The summed E-state index contributed by atoms with van der Waals surface area (Å²) in [6.45, 7) is 0.169. The number of aromatic nitrogens is 4. The number of hydrogen-bond donors (Lipinski definition) is 3. The van der Waals surface area contributed by atoms with Crippen LogP contribution in [0.4, 0.5) is 5.95 Å². The average Bonchev–Trinajstić information content (AvgIpc) is 3.14. The van der Waals surface area contributed by atoms with Crippen LogP contribution in [0, 0.1) is 0 Å². The van der Waals surface area contributed by atoms with E-state index >= 15 is 0 Å². The lowest BCUT2D eigenvalue weighted by molar-refractivity contribution is -0.0785. The topological polar surface area (TPSA) is 147 Å². The van der Waals surface area contributed by atoms with E-state index in [1.54, 1.807) is 0 Å². The highest BCUT2D eigenvalue weighted by Gasteiger charge is 2.45. The Morgan fingerprint density at radius 1 is 1.44 bits per heavy atom. The molecule has 4 N–H and O–H groups in total. The number of nitrogen functional groups attached to an aromatic ring is 1. The summed E-state index contributed by atoms with van der Waals surface area (Å²) in [5.41, 5.74) is 5.71. The molecule has 1 aliphatic rings. The lowest BCUT2D eigenvalue weighted by Gasteiger charge is -2.22. The quantitative estimate of drug-likeness (QED) is 0.500. The third kappa shape index (κ3) is 3.00. The molecule has 0 aliphatic carbocycles. The number of rotatable bonds is 6. The zero-order valence-corrected chi connectivity index (χ0v) is 13.9. The first kappa shape index (κ1) is 17.8. The van der Waals surface area contributed by atoms with Crippen LogP contribution >= 0.6 is 0 Å². The van der Waals surface area contributed by atoms with E-state index in [9.17, 15) is 15.0 Å². The van der Waals surface area contributed by atoms with Crippen molar-refractivity contribution in [2.75, 3.05) is 32.7 Å². The summed E-state index contributed by atoms with van der Waals surface area (Å²) in [4.78, 5) is 20.5. The second kappa shape index (κ2) is 7.06. The predicted octanol–water partition coefficient (Wildman–Crippen LogP) is -2.01. The number of nitrogens with zero attached hydrogens (tertiary/aromatic N) is 4. The highest BCUT2D eigenvalue weighted by Crippen LogP contribution is 2.33. The van der Waals surface area contributed by atoms with Crippen LogP contribution in [0.3, 0.4) is 0 Å². The van der Waals surface area contributed by atoms with E-state index in [2.05, 4.69) is 9.97 Å². The number of ether oxygens (including phenoxy) is 3. The Hall–Kier alpha value is -2.05. The molecule has 1 saturated heterocycles. The van der Waals surface area contributed by atoms with Gasteiger partial charge in [-0.2, -0.15) is 4.98 Å². The Balaban J connectivity index is 2.01. The van der Waals surface area contributed by atoms with Crippen LogP contribution < -0.4 is 11.3 Å². The van der Waals surface area contributed by atoms with Gasteiger partial charge in [0.25, 0.3) is 5.56 Å². The van der Waals surface area contributed by atoms with Crippen molar-refractivity contribution >= 4 is 17.1 Å². The smallest absolute Gasteiger partial charge is 0.282 e. The minimum atomic E-state index is -1.06. The highest BCUT2D eigenvalue weighted by atomic mass is 16.6. The van der Waals surface area contributed by atoms with E-state index in [0.717, 1.165) is 0 Å². The van der Waals surface area contributed by atoms with Gasteiger partial charge in [-0.25, -0.2) is 4.98 Å². The molecule has 1 aliphatic heterocycles. The summed E-state index contributed by atoms with van der Waals surface area (Å²) in [5, 5.41) is 19.7. The van der Waals surface area contributed by atoms with E-state index in [1.165, 1.54) is 29.6 Å². The van der Waals surface area contributed by atoms with E-state index in [-0.39, 0.29) is 30.3 Å². The molecule has 0 saturated carbocycles. The van der Waals surface area contributed by atoms with Gasteiger partial charge in [0, 0.05) is 14.2 Å². The first-order valence-corrected chi connectivity index (χ1v) is 7.73. The summed E-state index contributed by atoms with van der Waals surface area (Å²) in [6, 6.07) is 0. The van der Waals surface area contributed by atoms with Gasteiger partial charge in [0.1, 0.15) is 18.3 Å². The molecule has 0 spiro atoms. The van der Waals surface area contributed by atoms with Crippen molar-refractivity contribution in [2.24, 2.45) is 7.05 Å². The molecule has 25 heavy (non-hydrogen) atoms. The molecular weight excluding hydrogens is 334 g/mol. The van der Waals surface area contributed by atoms with Crippen LogP contribution in [-0.4, -0.2) is 74.6 Å². The highest BCUT2D eigenvalue weighted by molar-refractivity contribution is 5.71. The minimum Gasteiger partial charge on any atom is -0.394 e. The summed E-state index contributed by atoms with van der Waals surface area (Å²) in [6.07, 6.45) is -2.14. The van der Waals surface area contributed by atoms with Crippen LogP contribution in [0.2, 0.25) is 0 Å². The van der Waals surface area contributed by atoms with Gasteiger partial charge in [0.05, 0.1) is 26.1 Å². The molecule has 2 aromatic rings. The molecule has 4 atom stereocenters. The number of anilines is 1. The SMILES string of the molecule is COCCOC1[C@@H](O)[C@@H](CO)O[C@H]1n1cnc2c(=O)n(C)c(N)nc21. The zero-order chi connectivity index (χ0) is 18.1. The Labute approximate surface area is 142 Å². The Bertz CT molecular complexity index is 805. The number of hydrogen-bond acceptors (Lipinski definition) is 9. The summed E-state index contributed by atoms with van der Waals surface area (Å²) >= 11 is 0. The molecule has 0 bridgehead atoms. The first-order valence-electron chi connectivity index (χ1n) is 7.73. The molecule has 0 aromatic carbocycles. The maximum Gasteiger partial charge on any atom is 0.282 e. The summed E-state index contributed by atoms with van der Waals surface area (Å²) in [7, 11) is 3.03. The number of imidazole rings is 1. The van der Waals surface area contributed by atoms with E-state index < -0.39 is 30.1 Å². The van der Waals surface area contributed by atoms with Crippen molar-refractivity contribution in [3.8, 4) is 0 Å². The fraction of sp³-hybridized carbons (Fsp3) is 0.643. The van der Waals surface area contributed by atoms with Gasteiger partial charge in [-0.05, 0) is 0 Å². The van der Waals surface area contributed by atoms with Crippen LogP contribution in [0.15, 0.2) is 11.1 Å². The van der Waals surface area contributed by atoms with Crippen LogP contribution in [0.5, 0.6) is 0 Å². The van der Waals surface area contributed by atoms with Crippen LogP contribution in [0.25, 0.3) is 11.2 Å². The third-order valence-electron chi connectivity index (χ3n) is 4.20. The molecule has 11 heteroatoms. The second-order valence-electron chi connectivity index (χ2n) is 5.72. The van der Waals surface area contributed by atoms with Gasteiger partial charge in [-0.1, -0.05) is 0 Å². The molecule has 3 rings (SSSR count). The largest absolute Gasteiger partial charge is 0.394 e. The van der Waals surface area contributed by atoms with Crippen molar-refractivity contribution < 1.29 is 24.4 Å². The average molecular weight is 355 g/mol. The maximum absolute atomic E-state index is 12.2. The van der Waals surface area contributed by atoms with Gasteiger partial charge in [0.15, 0.2) is 17.4 Å². The molecule has 1 fully saturated rings. The Morgan fingerprint density at radius 3 is 2.88 bits per heavy atom. The molecule has 0 amide bonds. The number of fused-ring (bicyclic) bond motifs is 1. The van der Waals surface area contributed by atoms with Crippen LogP contribution in [-0.2, 0) is 21.3 Å². The van der Waals surface area contributed by atoms with Gasteiger partial charge in [-0.15, -0.1) is 0 Å². The van der Waals surface area contributed by atoms with Gasteiger partial charge < -0.3 is 30.2 Å². The molecule has 2 aromatic heterocycles. The lowest BCUT2D eigenvalue weighted by atomic mass is 10.1. The van der Waals surface area contributed by atoms with E-state index in [0.29, 0.717) is 6.61 Å². The van der Waals surface area contributed by atoms with Crippen molar-refractivity contribution in [1.82, 2.24) is 19.1 Å². The van der Waals surface area contributed by atoms with Crippen LogP contribution in [0.1, 0.15) is 6.23 Å². The monoisotopic (exact) mass is 355 g/mol. The molecule has 1 unspecified atom stereocenters. The molecule has 138 valence electrons. The van der Waals surface area contributed by atoms with Gasteiger partial charge >= 0.3 is 0 Å². The fourth-order valence-electron chi connectivity index (χ4n) is 2.79. The number of nitrogens with two attached hydrogens (primary N) is 1. The first-order chi connectivity index (χ1) is 12.0. The van der Waals surface area contributed by atoms with Crippen molar-refractivity contribution in [2.45, 2.75) is 24.5 Å². The van der Waals surface area contributed by atoms with Crippen molar-refractivity contribution in [3.63, 3.8) is 0 Å². The number of aliphatic hydroxyl groups is 2. The number of aliphatic hydroxyl groups excluding tert-OH is 2. The van der Waals surface area contributed by atoms with Gasteiger partial charge in [0.2, 0.25) is 5.95 Å². The minimum absolute atomic E-state index is 0.0216. The molecule has 3 heterocycles. The van der Waals surface area contributed by atoms with Crippen molar-refractivity contribution in [3.05, 3.63) is 16.7 Å². The van der Waals surface area contributed by atoms with Gasteiger partial charge in [-0.3, -0.25) is 13.9 Å². The predicted molar refractivity (Wildman–Crippen MR) is 85.8 cm³/mol. The molecule has 0 radical (unpaired) electrons. The third-order valence-corrected chi connectivity index (χ3v) is 4.20. The lowest BCUT2D eigenvalue weighted by Crippen LogP contribution is -2.36.